The molecule has 0 aliphatic heterocycles. The molecule has 0 spiro atoms. The number of amides is 1. The van der Waals surface area contributed by atoms with Crippen molar-refractivity contribution in [2.45, 2.75) is 19.8 Å². The van der Waals surface area contributed by atoms with Crippen LogP contribution in [0.3, 0.4) is 0 Å². The standard InChI is InChI=1S/C17H15NO3/c1-11(19)21-18-17(20)9-12-6-7-16-14(8-12)10-13-4-2-3-5-15(13)16/h2-8H,9-10H2,1H3,(H,18,20). The van der Waals surface area contributed by atoms with Crippen molar-refractivity contribution in [3.05, 3.63) is 59.2 Å². The van der Waals surface area contributed by atoms with Gasteiger partial charge in [-0.1, -0.05) is 42.5 Å². The molecule has 0 saturated carbocycles. The molecule has 1 aliphatic carbocycles. The second-order valence-corrected chi connectivity index (χ2v) is 5.12. The van der Waals surface area contributed by atoms with Gasteiger partial charge in [-0.2, -0.15) is 5.48 Å². The van der Waals surface area contributed by atoms with E-state index in [1.165, 1.54) is 29.2 Å². The highest BCUT2D eigenvalue weighted by molar-refractivity contribution is 5.81. The van der Waals surface area contributed by atoms with Crippen molar-refractivity contribution in [3.8, 4) is 11.1 Å². The minimum absolute atomic E-state index is 0.191. The van der Waals surface area contributed by atoms with Gasteiger partial charge in [0.2, 0.25) is 0 Å². The van der Waals surface area contributed by atoms with Crippen molar-refractivity contribution < 1.29 is 14.4 Å². The van der Waals surface area contributed by atoms with Gasteiger partial charge in [-0.3, -0.25) is 9.59 Å². The highest BCUT2D eigenvalue weighted by atomic mass is 16.7. The molecule has 4 heteroatoms. The first kappa shape index (κ1) is 13.4. The Bertz CT molecular complexity index is 722. The van der Waals surface area contributed by atoms with Gasteiger partial charge in [-0.05, 0) is 34.2 Å². The number of hydrogen-bond acceptors (Lipinski definition) is 3. The Labute approximate surface area is 122 Å². The Kier molecular flexibility index (Phi) is 3.44. The molecule has 21 heavy (non-hydrogen) atoms. The van der Waals surface area contributed by atoms with Gasteiger partial charge in [0.15, 0.2) is 0 Å². The SMILES string of the molecule is CC(=O)ONC(=O)Cc1ccc2c(c1)Cc1ccccc1-2. The lowest BCUT2D eigenvalue weighted by Gasteiger charge is -2.06. The average Bonchev–Trinajstić information content (AvgIpc) is 2.82. The molecular formula is C17H15NO3. The predicted molar refractivity (Wildman–Crippen MR) is 78.3 cm³/mol. The molecule has 0 unspecified atom stereocenters. The lowest BCUT2D eigenvalue weighted by molar-refractivity contribution is -0.155. The summed E-state index contributed by atoms with van der Waals surface area (Å²) in [5, 5.41) is 0. The van der Waals surface area contributed by atoms with E-state index < -0.39 is 5.97 Å². The number of carbonyl (C=O) groups is 2. The molecule has 0 bridgehead atoms. The van der Waals surface area contributed by atoms with E-state index in [4.69, 9.17) is 0 Å². The van der Waals surface area contributed by atoms with E-state index in [1.54, 1.807) is 0 Å². The maximum Gasteiger partial charge on any atom is 0.329 e. The van der Waals surface area contributed by atoms with Crippen LogP contribution in [0.15, 0.2) is 42.5 Å². The van der Waals surface area contributed by atoms with Crippen LogP contribution < -0.4 is 5.48 Å². The monoisotopic (exact) mass is 281 g/mol. The topological polar surface area (TPSA) is 55.4 Å². The summed E-state index contributed by atoms with van der Waals surface area (Å²) in [5.74, 6) is -0.867. The van der Waals surface area contributed by atoms with Gasteiger partial charge in [-0.15, -0.1) is 0 Å². The predicted octanol–water partition coefficient (Wildman–Crippen LogP) is 2.39. The van der Waals surface area contributed by atoms with Gasteiger partial charge in [0, 0.05) is 6.92 Å². The van der Waals surface area contributed by atoms with Crippen LogP contribution in [0.5, 0.6) is 0 Å². The summed E-state index contributed by atoms with van der Waals surface area (Å²) in [4.78, 5) is 26.8. The molecular weight excluding hydrogens is 266 g/mol. The van der Waals surface area contributed by atoms with E-state index in [0.717, 1.165) is 12.0 Å². The summed E-state index contributed by atoms with van der Waals surface area (Å²) in [5.41, 5.74) is 8.08. The van der Waals surface area contributed by atoms with Gasteiger partial charge in [0.1, 0.15) is 0 Å². The molecule has 1 aliphatic rings. The fraction of sp³-hybridized carbons (Fsp3) is 0.176. The van der Waals surface area contributed by atoms with Crippen molar-refractivity contribution in [2.75, 3.05) is 0 Å². The second-order valence-electron chi connectivity index (χ2n) is 5.12. The van der Waals surface area contributed by atoms with Gasteiger partial charge < -0.3 is 4.84 Å². The van der Waals surface area contributed by atoms with E-state index in [0.29, 0.717) is 0 Å². The molecule has 106 valence electrons. The first-order valence-electron chi connectivity index (χ1n) is 6.80. The molecule has 0 aromatic heterocycles. The quantitative estimate of drug-likeness (QED) is 0.734. The fourth-order valence-corrected chi connectivity index (χ4v) is 2.66. The van der Waals surface area contributed by atoms with Crippen molar-refractivity contribution in [1.29, 1.82) is 0 Å². The number of benzene rings is 2. The number of carbonyl (C=O) groups excluding carboxylic acids is 2. The third-order valence-corrected chi connectivity index (χ3v) is 3.53. The second kappa shape index (κ2) is 5.40. The van der Waals surface area contributed by atoms with Crippen LogP contribution in [0.25, 0.3) is 11.1 Å². The van der Waals surface area contributed by atoms with Crippen LogP contribution in [0.1, 0.15) is 23.6 Å². The fourth-order valence-electron chi connectivity index (χ4n) is 2.66. The van der Waals surface area contributed by atoms with Crippen molar-refractivity contribution in [1.82, 2.24) is 5.48 Å². The number of nitrogens with one attached hydrogen (secondary N) is 1. The number of fused-ring (bicyclic) bond motifs is 3. The first-order valence-corrected chi connectivity index (χ1v) is 6.80. The van der Waals surface area contributed by atoms with E-state index in [-0.39, 0.29) is 12.3 Å². The zero-order chi connectivity index (χ0) is 14.8. The summed E-state index contributed by atoms with van der Waals surface area (Å²) in [6.45, 7) is 1.24. The van der Waals surface area contributed by atoms with E-state index in [1.807, 2.05) is 24.3 Å². The van der Waals surface area contributed by atoms with Gasteiger partial charge in [0.05, 0.1) is 6.42 Å². The van der Waals surface area contributed by atoms with Crippen molar-refractivity contribution >= 4 is 11.9 Å². The number of hydroxylamine groups is 1. The summed E-state index contributed by atoms with van der Waals surface area (Å²) in [6, 6.07) is 14.4. The van der Waals surface area contributed by atoms with Gasteiger partial charge >= 0.3 is 5.97 Å². The van der Waals surface area contributed by atoms with Crippen LogP contribution in [-0.2, 0) is 27.3 Å². The molecule has 0 radical (unpaired) electrons. The molecule has 4 nitrogen and oxygen atoms in total. The maximum absolute atomic E-state index is 11.6. The van der Waals surface area contributed by atoms with Gasteiger partial charge in [0.25, 0.3) is 5.91 Å². The average molecular weight is 281 g/mol. The third-order valence-electron chi connectivity index (χ3n) is 3.53. The van der Waals surface area contributed by atoms with Crippen molar-refractivity contribution in [3.63, 3.8) is 0 Å². The Hall–Kier alpha value is -2.62. The Morgan fingerprint density at radius 1 is 1.10 bits per heavy atom. The largest absolute Gasteiger partial charge is 0.341 e. The molecule has 2 aromatic rings. The van der Waals surface area contributed by atoms with Crippen molar-refractivity contribution in [2.24, 2.45) is 0 Å². The summed E-state index contributed by atoms with van der Waals surface area (Å²) >= 11 is 0. The number of hydrogen-bond donors (Lipinski definition) is 1. The lowest BCUT2D eigenvalue weighted by atomic mass is 10.0. The minimum Gasteiger partial charge on any atom is -0.341 e. The molecule has 0 heterocycles. The van der Waals surface area contributed by atoms with Crippen LogP contribution in [0.2, 0.25) is 0 Å². The Morgan fingerprint density at radius 2 is 1.86 bits per heavy atom. The first-order chi connectivity index (χ1) is 10.1. The minimum atomic E-state index is -0.534. The van der Waals surface area contributed by atoms with E-state index in [9.17, 15) is 9.59 Å². The van der Waals surface area contributed by atoms with E-state index in [2.05, 4.69) is 28.5 Å². The van der Waals surface area contributed by atoms with Crippen LogP contribution in [0.4, 0.5) is 0 Å². The Morgan fingerprint density at radius 3 is 2.67 bits per heavy atom. The van der Waals surface area contributed by atoms with Crippen LogP contribution in [0, 0.1) is 0 Å². The molecule has 2 aromatic carbocycles. The summed E-state index contributed by atoms with van der Waals surface area (Å²) in [6.07, 6.45) is 1.09. The molecule has 1 amide bonds. The highest BCUT2D eigenvalue weighted by Crippen LogP contribution is 2.36. The zero-order valence-electron chi connectivity index (χ0n) is 11.7. The van der Waals surface area contributed by atoms with Crippen LogP contribution >= 0.6 is 0 Å². The van der Waals surface area contributed by atoms with E-state index >= 15 is 0 Å². The molecule has 0 atom stereocenters. The smallest absolute Gasteiger partial charge is 0.329 e. The normalized spacial score (nSPS) is 11.5. The summed E-state index contributed by atoms with van der Waals surface area (Å²) in [7, 11) is 0. The maximum atomic E-state index is 11.6. The van der Waals surface area contributed by atoms with Crippen LogP contribution in [-0.4, -0.2) is 11.9 Å². The third kappa shape index (κ3) is 2.79. The highest BCUT2D eigenvalue weighted by Gasteiger charge is 2.18. The zero-order valence-corrected chi connectivity index (χ0v) is 11.7. The summed E-state index contributed by atoms with van der Waals surface area (Å²) < 4.78 is 0. The molecule has 0 fully saturated rings. The molecule has 0 saturated heterocycles. The molecule has 1 N–H and O–H groups in total. The Balaban J connectivity index is 1.75. The van der Waals surface area contributed by atoms with Gasteiger partial charge in [-0.25, -0.2) is 0 Å². The number of rotatable bonds is 2. The molecule has 3 rings (SSSR count). The lowest BCUT2D eigenvalue weighted by Crippen LogP contribution is -2.27.